The first-order valence-corrected chi connectivity index (χ1v) is 9.83. The zero-order valence-electron chi connectivity index (χ0n) is 13.3. The van der Waals surface area contributed by atoms with Crippen LogP contribution in [0.4, 0.5) is 0 Å². The van der Waals surface area contributed by atoms with Crippen LogP contribution in [-0.4, -0.2) is 32.2 Å². The van der Waals surface area contributed by atoms with Gasteiger partial charge in [0.1, 0.15) is 0 Å². The topological polar surface area (TPSA) is 37.4 Å². The minimum absolute atomic E-state index is 0.271. The molecule has 1 heterocycles. The smallest absolute Gasteiger partial charge is 0.178 e. The maximum atomic E-state index is 12.5. The van der Waals surface area contributed by atoms with Gasteiger partial charge in [-0.1, -0.05) is 48.5 Å². The van der Waals surface area contributed by atoms with Crippen molar-refractivity contribution < 1.29 is 8.42 Å². The Morgan fingerprint density at radius 2 is 1.43 bits per heavy atom. The minimum Gasteiger partial charge on any atom is -0.299 e. The molecule has 0 spiro atoms. The van der Waals surface area contributed by atoms with E-state index in [0.717, 1.165) is 32.5 Å². The lowest BCUT2D eigenvalue weighted by atomic mass is 9.98. The number of hydrogen-bond donors (Lipinski definition) is 0. The molecular weight excluding hydrogens is 306 g/mol. The summed E-state index contributed by atoms with van der Waals surface area (Å²) in [6.45, 7) is 2.91. The van der Waals surface area contributed by atoms with E-state index in [0.29, 0.717) is 4.90 Å². The van der Waals surface area contributed by atoms with Crippen molar-refractivity contribution >= 4 is 9.84 Å². The van der Waals surface area contributed by atoms with Gasteiger partial charge in [-0.3, -0.25) is 4.90 Å². The Morgan fingerprint density at radius 1 is 0.870 bits per heavy atom. The van der Waals surface area contributed by atoms with Crippen molar-refractivity contribution in [1.29, 1.82) is 0 Å². The van der Waals surface area contributed by atoms with Crippen LogP contribution in [0.5, 0.6) is 0 Å². The number of benzene rings is 2. The van der Waals surface area contributed by atoms with Crippen LogP contribution in [0.25, 0.3) is 0 Å². The molecule has 0 aromatic heterocycles. The minimum atomic E-state index is -3.15. The van der Waals surface area contributed by atoms with Crippen molar-refractivity contribution in [2.24, 2.45) is 5.92 Å². The largest absolute Gasteiger partial charge is 0.299 e. The lowest BCUT2D eigenvalue weighted by molar-refractivity contribution is 0.186. The highest BCUT2D eigenvalue weighted by atomic mass is 32.2. The van der Waals surface area contributed by atoms with Gasteiger partial charge < -0.3 is 0 Å². The predicted molar refractivity (Wildman–Crippen MR) is 92.9 cm³/mol. The monoisotopic (exact) mass is 329 g/mol. The first kappa shape index (κ1) is 16.2. The molecule has 3 rings (SSSR count). The molecule has 0 bridgehead atoms. The summed E-state index contributed by atoms with van der Waals surface area (Å²) in [7, 11) is -3.15. The van der Waals surface area contributed by atoms with Gasteiger partial charge in [0.05, 0.1) is 10.6 Å². The van der Waals surface area contributed by atoms with Crippen LogP contribution in [0.15, 0.2) is 65.6 Å². The zero-order valence-corrected chi connectivity index (χ0v) is 14.1. The average molecular weight is 329 g/mol. The third kappa shape index (κ3) is 4.43. The maximum absolute atomic E-state index is 12.5. The van der Waals surface area contributed by atoms with Crippen LogP contribution in [0.3, 0.4) is 0 Å². The van der Waals surface area contributed by atoms with E-state index in [-0.39, 0.29) is 11.7 Å². The van der Waals surface area contributed by atoms with E-state index in [1.54, 1.807) is 24.3 Å². The average Bonchev–Trinajstić information content (AvgIpc) is 2.58. The van der Waals surface area contributed by atoms with Crippen LogP contribution < -0.4 is 0 Å². The lowest BCUT2D eigenvalue weighted by Crippen LogP contribution is -2.35. The van der Waals surface area contributed by atoms with Crippen molar-refractivity contribution in [3.05, 3.63) is 66.2 Å². The molecule has 2 aromatic rings. The number of likely N-dealkylation sites (tertiary alicyclic amines) is 1. The van der Waals surface area contributed by atoms with E-state index >= 15 is 0 Å². The molecular formula is C19H23NO2S. The summed E-state index contributed by atoms with van der Waals surface area (Å²) in [5, 5.41) is 0. The number of sulfone groups is 1. The fourth-order valence-electron chi connectivity index (χ4n) is 3.19. The SMILES string of the molecule is O=S(=O)(CC1CCN(Cc2ccccc2)CC1)c1ccccc1. The summed E-state index contributed by atoms with van der Waals surface area (Å²) in [6.07, 6.45) is 1.91. The predicted octanol–water partition coefficient (Wildman–Crippen LogP) is 3.37. The second kappa shape index (κ2) is 7.28. The highest BCUT2D eigenvalue weighted by molar-refractivity contribution is 7.91. The molecule has 0 aliphatic carbocycles. The number of piperidine rings is 1. The second-order valence-corrected chi connectivity index (χ2v) is 8.33. The molecule has 0 saturated carbocycles. The molecule has 0 amide bonds. The van der Waals surface area contributed by atoms with Gasteiger partial charge in [0.25, 0.3) is 0 Å². The van der Waals surface area contributed by atoms with Crippen molar-refractivity contribution in [3.63, 3.8) is 0 Å². The van der Waals surface area contributed by atoms with E-state index in [4.69, 9.17) is 0 Å². The van der Waals surface area contributed by atoms with Gasteiger partial charge in [0, 0.05) is 6.54 Å². The van der Waals surface area contributed by atoms with Gasteiger partial charge >= 0.3 is 0 Å². The third-order valence-electron chi connectivity index (χ3n) is 4.51. The molecule has 1 aliphatic rings. The third-order valence-corrected chi connectivity index (χ3v) is 6.41. The fraction of sp³-hybridized carbons (Fsp3) is 0.368. The first-order chi connectivity index (χ1) is 11.1. The number of nitrogens with zero attached hydrogens (tertiary/aromatic N) is 1. The molecule has 0 N–H and O–H groups in total. The highest BCUT2D eigenvalue weighted by Gasteiger charge is 2.25. The molecule has 1 fully saturated rings. The zero-order chi connectivity index (χ0) is 16.1. The van der Waals surface area contributed by atoms with Gasteiger partial charge in [0.15, 0.2) is 9.84 Å². The van der Waals surface area contributed by atoms with Gasteiger partial charge in [-0.25, -0.2) is 8.42 Å². The Hall–Kier alpha value is -1.65. The molecule has 1 saturated heterocycles. The molecule has 122 valence electrons. The maximum Gasteiger partial charge on any atom is 0.178 e. The van der Waals surface area contributed by atoms with Crippen LogP contribution in [0.2, 0.25) is 0 Å². The van der Waals surface area contributed by atoms with Crippen LogP contribution in [-0.2, 0) is 16.4 Å². The Morgan fingerprint density at radius 3 is 2.04 bits per heavy atom. The van der Waals surface area contributed by atoms with E-state index in [1.165, 1.54) is 5.56 Å². The second-order valence-electron chi connectivity index (χ2n) is 6.30. The molecule has 1 aliphatic heterocycles. The summed E-state index contributed by atoms with van der Waals surface area (Å²) >= 11 is 0. The molecule has 2 aromatic carbocycles. The van der Waals surface area contributed by atoms with Crippen molar-refractivity contribution in [2.75, 3.05) is 18.8 Å². The van der Waals surface area contributed by atoms with E-state index in [9.17, 15) is 8.42 Å². The first-order valence-electron chi connectivity index (χ1n) is 8.17. The Kier molecular flexibility index (Phi) is 5.13. The molecule has 0 atom stereocenters. The van der Waals surface area contributed by atoms with Gasteiger partial charge in [0.2, 0.25) is 0 Å². The van der Waals surface area contributed by atoms with Gasteiger partial charge in [-0.05, 0) is 49.5 Å². The molecule has 3 nitrogen and oxygen atoms in total. The van der Waals surface area contributed by atoms with Gasteiger partial charge in [-0.15, -0.1) is 0 Å². The van der Waals surface area contributed by atoms with Crippen LogP contribution >= 0.6 is 0 Å². The molecule has 0 radical (unpaired) electrons. The molecule has 23 heavy (non-hydrogen) atoms. The Labute approximate surface area is 138 Å². The van der Waals surface area contributed by atoms with Crippen molar-refractivity contribution in [1.82, 2.24) is 4.90 Å². The summed E-state index contributed by atoms with van der Waals surface area (Å²) in [6, 6.07) is 19.3. The highest BCUT2D eigenvalue weighted by Crippen LogP contribution is 2.23. The number of rotatable bonds is 5. The Balaban J connectivity index is 1.53. The van der Waals surface area contributed by atoms with E-state index < -0.39 is 9.84 Å². The van der Waals surface area contributed by atoms with E-state index in [1.807, 2.05) is 12.1 Å². The van der Waals surface area contributed by atoms with Gasteiger partial charge in [-0.2, -0.15) is 0 Å². The lowest BCUT2D eigenvalue weighted by Gasteiger charge is -2.31. The van der Waals surface area contributed by atoms with Crippen molar-refractivity contribution in [3.8, 4) is 0 Å². The summed E-state index contributed by atoms with van der Waals surface area (Å²) < 4.78 is 24.9. The number of hydrogen-bond acceptors (Lipinski definition) is 3. The summed E-state index contributed by atoms with van der Waals surface area (Å²) in [5.41, 5.74) is 1.32. The standard InChI is InChI=1S/C19H23NO2S/c21-23(22,19-9-5-2-6-10-19)16-18-11-13-20(14-12-18)15-17-7-3-1-4-8-17/h1-10,18H,11-16H2. The van der Waals surface area contributed by atoms with Crippen molar-refractivity contribution in [2.45, 2.75) is 24.3 Å². The van der Waals surface area contributed by atoms with Crippen LogP contribution in [0.1, 0.15) is 18.4 Å². The van der Waals surface area contributed by atoms with E-state index in [2.05, 4.69) is 29.2 Å². The summed E-state index contributed by atoms with van der Waals surface area (Å²) in [5.74, 6) is 0.545. The summed E-state index contributed by atoms with van der Waals surface area (Å²) in [4.78, 5) is 2.87. The normalized spacial score (nSPS) is 17.2. The molecule has 0 unspecified atom stereocenters. The molecule has 4 heteroatoms. The Bertz CT molecular complexity index is 706. The van der Waals surface area contributed by atoms with Crippen LogP contribution in [0, 0.1) is 5.92 Å². The quantitative estimate of drug-likeness (QED) is 0.844. The fourth-order valence-corrected chi connectivity index (χ4v) is 4.91.